The Hall–Kier alpha value is -3.43. The van der Waals surface area contributed by atoms with Gasteiger partial charge in [0, 0.05) is 17.9 Å². The summed E-state index contributed by atoms with van der Waals surface area (Å²) in [5, 5.41) is 9.00. The van der Waals surface area contributed by atoms with Crippen molar-refractivity contribution < 1.29 is 13.2 Å². The molecule has 3 aromatic carbocycles. The average Bonchev–Trinajstić information content (AvgIpc) is 3.29. The van der Waals surface area contributed by atoms with Crippen LogP contribution in [0.3, 0.4) is 0 Å². The number of benzene rings is 3. The minimum atomic E-state index is -3.64. The lowest BCUT2D eigenvalue weighted by Gasteiger charge is -2.29. The fourth-order valence-corrected chi connectivity index (χ4v) is 6.41. The van der Waals surface area contributed by atoms with Gasteiger partial charge < -0.3 is 4.90 Å². The van der Waals surface area contributed by atoms with Crippen LogP contribution in [-0.4, -0.2) is 41.4 Å². The van der Waals surface area contributed by atoms with E-state index in [-0.39, 0.29) is 22.3 Å². The molecule has 36 heavy (non-hydrogen) atoms. The second-order valence-corrected chi connectivity index (χ2v) is 11.6. The van der Waals surface area contributed by atoms with Crippen LogP contribution in [-0.2, 0) is 26.8 Å². The van der Waals surface area contributed by atoms with Crippen LogP contribution >= 0.6 is 11.8 Å². The molecular weight excluding hydrogens is 492 g/mol. The Morgan fingerprint density at radius 1 is 0.944 bits per heavy atom. The van der Waals surface area contributed by atoms with Crippen LogP contribution in [0.15, 0.2) is 88.9 Å². The first-order chi connectivity index (χ1) is 17.4. The maximum atomic E-state index is 13.2. The van der Waals surface area contributed by atoms with E-state index in [4.69, 9.17) is 0 Å². The van der Waals surface area contributed by atoms with Crippen molar-refractivity contribution in [1.29, 1.82) is 0 Å². The molecule has 1 aliphatic rings. The van der Waals surface area contributed by atoms with Crippen molar-refractivity contribution >= 4 is 33.2 Å². The number of sulfone groups is 1. The Balaban J connectivity index is 1.41. The van der Waals surface area contributed by atoms with E-state index in [0.29, 0.717) is 17.5 Å². The third-order valence-corrected chi connectivity index (χ3v) is 8.69. The molecule has 184 valence electrons. The molecule has 0 unspecified atom stereocenters. The molecule has 0 fully saturated rings. The van der Waals surface area contributed by atoms with Gasteiger partial charge in [0.25, 0.3) is 0 Å². The molecule has 0 saturated heterocycles. The Labute approximate surface area is 215 Å². The van der Waals surface area contributed by atoms with Crippen LogP contribution in [0.25, 0.3) is 5.69 Å². The largest absolute Gasteiger partial charge is 0.311 e. The standard InChI is InChI=1S/C27H26N4O3S2/c1-20-13-15-23(16-14-20)36(33,34)19-25-28-29-27(31(25)22-10-3-2-4-11-22)35-18-26(32)30-17-7-9-21-8-5-6-12-24(21)30/h2-6,8,10-16H,7,9,17-19H2,1H3. The van der Waals surface area contributed by atoms with Crippen LogP contribution < -0.4 is 4.90 Å². The van der Waals surface area contributed by atoms with E-state index in [0.717, 1.165) is 29.8 Å². The Morgan fingerprint density at radius 2 is 1.67 bits per heavy atom. The normalized spacial score (nSPS) is 13.4. The van der Waals surface area contributed by atoms with Gasteiger partial charge in [-0.3, -0.25) is 9.36 Å². The Kier molecular flexibility index (Phi) is 6.93. The van der Waals surface area contributed by atoms with Gasteiger partial charge in [0.15, 0.2) is 20.8 Å². The number of rotatable bonds is 7. The predicted octanol–water partition coefficient (Wildman–Crippen LogP) is 4.62. The van der Waals surface area contributed by atoms with E-state index in [1.54, 1.807) is 28.8 Å². The monoisotopic (exact) mass is 518 g/mol. The Morgan fingerprint density at radius 3 is 2.44 bits per heavy atom. The van der Waals surface area contributed by atoms with Gasteiger partial charge in [-0.05, 0) is 55.7 Å². The molecule has 0 bridgehead atoms. The van der Waals surface area contributed by atoms with E-state index < -0.39 is 9.84 Å². The second kappa shape index (κ2) is 10.3. The molecule has 7 nitrogen and oxygen atoms in total. The highest BCUT2D eigenvalue weighted by Crippen LogP contribution is 2.29. The fraction of sp³-hybridized carbons (Fsp3) is 0.222. The minimum Gasteiger partial charge on any atom is -0.311 e. The lowest BCUT2D eigenvalue weighted by Crippen LogP contribution is -2.36. The number of para-hydroxylation sites is 2. The topological polar surface area (TPSA) is 85.2 Å². The molecule has 9 heteroatoms. The lowest BCUT2D eigenvalue weighted by molar-refractivity contribution is -0.116. The number of carbonyl (C=O) groups excluding carboxylic acids is 1. The summed E-state index contributed by atoms with van der Waals surface area (Å²) < 4.78 is 28.0. The van der Waals surface area contributed by atoms with E-state index in [1.165, 1.54) is 17.3 Å². The number of amides is 1. The summed E-state index contributed by atoms with van der Waals surface area (Å²) in [6.45, 7) is 2.59. The van der Waals surface area contributed by atoms with Gasteiger partial charge in [0.1, 0.15) is 5.75 Å². The molecule has 0 spiro atoms. The van der Waals surface area contributed by atoms with E-state index in [2.05, 4.69) is 16.3 Å². The van der Waals surface area contributed by atoms with Gasteiger partial charge in [-0.15, -0.1) is 10.2 Å². The highest BCUT2D eigenvalue weighted by molar-refractivity contribution is 7.99. The molecular formula is C27H26N4O3S2. The van der Waals surface area contributed by atoms with Crippen molar-refractivity contribution in [2.24, 2.45) is 0 Å². The molecule has 0 atom stereocenters. The maximum Gasteiger partial charge on any atom is 0.237 e. The first-order valence-electron chi connectivity index (χ1n) is 11.7. The van der Waals surface area contributed by atoms with Crippen molar-refractivity contribution in [3.05, 3.63) is 95.8 Å². The van der Waals surface area contributed by atoms with Crippen LogP contribution in [0, 0.1) is 6.92 Å². The molecule has 1 aliphatic heterocycles. The summed E-state index contributed by atoms with van der Waals surface area (Å²) >= 11 is 1.27. The molecule has 2 heterocycles. The van der Waals surface area contributed by atoms with E-state index >= 15 is 0 Å². The number of anilines is 1. The van der Waals surface area contributed by atoms with Gasteiger partial charge in [-0.25, -0.2) is 8.42 Å². The van der Waals surface area contributed by atoms with Crippen LogP contribution in [0.5, 0.6) is 0 Å². The van der Waals surface area contributed by atoms with Crippen molar-refractivity contribution in [1.82, 2.24) is 14.8 Å². The zero-order chi connectivity index (χ0) is 25.1. The fourth-order valence-electron chi connectivity index (χ4n) is 4.32. The number of thioether (sulfide) groups is 1. The summed E-state index contributed by atoms with van der Waals surface area (Å²) in [6.07, 6.45) is 1.89. The number of aryl methyl sites for hydroxylation is 2. The van der Waals surface area contributed by atoms with Crippen LogP contribution in [0.1, 0.15) is 23.4 Å². The molecule has 0 saturated carbocycles. The second-order valence-electron chi connectivity index (χ2n) is 8.71. The van der Waals surface area contributed by atoms with Crippen molar-refractivity contribution in [2.45, 2.75) is 35.6 Å². The number of hydrogen-bond donors (Lipinski definition) is 0. The third-order valence-electron chi connectivity index (χ3n) is 6.15. The number of fused-ring (bicyclic) bond motifs is 1. The third kappa shape index (κ3) is 5.08. The van der Waals surface area contributed by atoms with Gasteiger partial charge in [0.2, 0.25) is 5.91 Å². The smallest absolute Gasteiger partial charge is 0.237 e. The van der Waals surface area contributed by atoms with Crippen molar-refractivity contribution in [3.8, 4) is 5.69 Å². The summed E-state index contributed by atoms with van der Waals surface area (Å²) in [5.41, 5.74) is 3.87. The first-order valence-corrected chi connectivity index (χ1v) is 14.4. The summed E-state index contributed by atoms with van der Waals surface area (Å²) in [4.78, 5) is 15.3. The highest BCUT2D eigenvalue weighted by atomic mass is 32.2. The summed E-state index contributed by atoms with van der Waals surface area (Å²) in [7, 11) is -3.64. The molecule has 0 aliphatic carbocycles. The number of nitrogens with zero attached hydrogens (tertiary/aromatic N) is 4. The maximum absolute atomic E-state index is 13.2. The van der Waals surface area contributed by atoms with Gasteiger partial charge in [0.05, 0.1) is 10.6 Å². The lowest BCUT2D eigenvalue weighted by atomic mass is 10.0. The number of aromatic nitrogens is 3. The van der Waals surface area contributed by atoms with Crippen molar-refractivity contribution in [3.63, 3.8) is 0 Å². The number of carbonyl (C=O) groups is 1. The highest BCUT2D eigenvalue weighted by Gasteiger charge is 2.25. The van der Waals surface area contributed by atoms with Crippen molar-refractivity contribution in [2.75, 3.05) is 17.2 Å². The van der Waals surface area contributed by atoms with Gasteiger partial charge in [-0.2, -0.15) is 0 Å². The quantitative estimate of drug-likeness (QED) is 0.332. The molecule has 4 aromatic rings. The molecule has 1 amide bonds. The van der Waals surface area contributed by atoms with Gasteiger partial charge >= 0.3 is 0 Å². The van der Waals surface area contributed by atoms with Gasteiger partial charge in [-0.1, -0.05) is 65.9 Å². The number of hydrogen-bond acceptors (Lipinski definition) is 6. The average molecular weight is 519 g/mol. The molecule has 5 rings (SSSR count). The first kappa shape index (κ1) is 24.3. The molecule has 0 N–H and O–H groups in total. The minimum absolute atomic E-state index is 0.0106. The summed E-state index contributed by atoms with van der Waals surface area (Å²) in [6, 6.07) is 24.2. The Bertz CT molecular complexity index is 1480. The summed E-state index contributed by atoms with van der Waals surface area (Å²) in [5.74, 6) is 0.166. The zero-order valence-electron chi connectivity index (χ0n) is 19.9. The SMILES string of the molecule is Cc1ccc(S(=O)(=O)Cc2nnc(SCC(=O)N3CCCc4ccccc43)n2-c2ccccc2)cc1. The van der Waals surface area contributed by atoms with Crippen LogP contribution in [0.4, 0.5) is 5.69 Å². The van der Waals surface area contributed by atoms with Crippen LogP contribution in [0.2, 0.25) is 0 Å². The predicted molar refractivity (Wildman–Crippen MR) is 141 cm³/mol. The van der Waals surface area contributed by atoms with E-state index in [9.17, 15) is 13.2 Å². The van der Waals surface area contributed by atoms with E-state index in [1.807, 2.05) is 60.4 Å². The molecule has 1 aromatic heterocycles. The molecule has 0 radical (unpaired) electrons. The zero-order valence-corrected chi connectivity index (χ0v) is 21.5.